The number of rotatable bonds is 5. The van der Waals surface area contributed by atoms with Gasteiger partial charge in [-0.25, -0.2) is 0 Å². The van der Waals surface area contributed by atoms with E-state index in [4.69, 9.17) is 0 Å². The van der Waals surface area contributed by atoms with E-state index in [0.717, 1.165) is 18.8 Å². The number of hydrogen-bond acceptors (Lipinski definition) is 2. The first-order valence-electron chi connectivity index (χ1n) is 5.44. The number of likely N-dealkylation sites (N-methyl/N-ethyl adjacent to an activating group) is 1. The molecule has 0 aliphatic heterocycles. The third-order valence-electron chi connectivity index (χ3n) is 2.54. The van der Waals surface area contributed by atoms with E-state index in [1.165, 1.54) is 5.57 Å². The lowest BCUT2D eigenvalue weighted by Crippen LogP contribution is -2.28. The fraction of sp³-hybridized carbons (Fsp3) is 0.462. The van der Waals surface area contributed by atoms with Gasteiger partial charge in [-0.15, -0.1) is 0 Å². The summed E-state index contributed by atoms with van der Waals surface area (Å²) in [6, 6.07) is 6.41. The summed E-state index contributed by atoms with van der Waals surface area (Å²) in [6.07, 6.45) is 1.85. The predicted octanol–water partition coefficient (Wildman–Crippen LogP) is 3.04. The van der Waals surface area contributed by atoms with Gasteiger partial charge in [0, 0.05) is 18.8 Å². The molecule has 1 heterocycles. The van der Waals surface area contributed by atoms with Crippen molar-refractivity contribution in [2.45, 2.75) is 26.8 Å². The summed E-state index contributed by atoms with van der Waals surface area (Å²) in [5.41, 5.74) is 2.32. The van der Waals surface area contributed by atoms with E-state index in [0.29, 0.717) is 6.04 Å². The molecule has 0 saturated carbocycles. The molecule has 0 aromatic carbocycles. The Kier molecular flexibility index (Phi) is 4.50. The van der Waals surface area contributed by atoms with Crippen LogP contribution in [0.4, 0.5) is 0 Å². The molecule has 2 nitrogen and oxygen atoms in total. The molecular weight excluding hydrogens is 184 g/mol. The van der Waals surface area contributed by atoms with E-state index in [9.17, 15) is 0 Å². The topological polar surface area (TPSA) is 16.1 Å². The van der Waals surface area contributed by atoms with Gasteiger partial charge in [0.25, 0.3) is 0 Å². The summed E-state index contributed by atoms with van der Waals surface area (Å²) in [5, 5.41) is 0. The van der Waals surface area contributed by atoms with E-state index >= 15 is 0 Å². The molecule has 1 aromatic heterocycles. The lowest BCUT2D eigenvalue weighted by Gasteiger charge is -2.27. The standard InChI is InChI=1S/C13H20N2/c1-5-15(10-11(2)3)12(4)13-8-6-7-9-14-13/h6-9,12H,2,5,10H2,1,3-4H3/t12-/m1/s1. The highest BCUT2D eigenvalue weighted by Gasteiger charge is 2.14. The molecule has 82 valence electrons. The molecule has 1 aromatic rings. The molecule has 0 saturated heterocycles. The quantitative estimate of drug-likeness (QED) is 0.685. The van der Waals surface area contributed by atoms with Gasteiger partial charge in [-0.05, 0) is 32.5 Å². The average molecular weight is 204 g/mol. The normalized spacial score (nSPS) is 12.8. The molecule has 0 amide bonds. The summed E-state index contributed by atoms with van der Waals surface area (Å²) in [7, 11) is 0. The van der Waals surface area contributed by atoms with Crippen molar-refractivity contribution in [3.8, 4) is 0 Å². The minimum Gasteiger partial charge on any atom is -0.291 e. The van der Waals surface area contributed by atoms with E-state index in [2.05, 4.69) is 43.3 Å². The van der Waals surface area contributed by atoms with E-state index < -0.39 is 0 Å². The van der Waals surface area contributed by atoms with Crippen LogP contribution in [0.15, 0.2) is 36.5 Å². The molecule has 1 atom stereocenters. The van der Waals surface area contributed by atoms with Gasteiger partial charge in [0.1, 0.15) is 0 Å². The fourth-order valence-corrected chi connectivity index (χ4v) is 1.68. The Balaban J connectivity index is 2.73. The Hall–Kier alpha value is -1.15. The zero-order valence-electron chi connectivity index (χ0n) is 9.90. The smallest absolute Gasteiger partial charge is 0.0572 e. The van der Waals surface area contributed by atoms with Crippen LogP contribution in [0.25, 0.3) is 0 Å². The third kappa shape index (κ3) is 3.48. The largest absolute Gasteiger partial charge is 0.291 e. The van der Waals surface area contributed by atoms with E-state index in [1.54, 1.807) is 0 Å². The summed E-state index contributed by atoms with van der Waals surface area (Å²) >= 11 is 0. The molecule has 2 heteroatoms. The summed E-state index contributed by atoms with van der Waals surface area (Å²) < 4.78 is 0. The van der Waals surface area contributed by atoms with Crippen LogP contribution in [0, 0.1) is 0 Å². The lowest BCUT2D eigenvalue weighted by molar-refractivity contribution is 0.237. The molecule has 0 radical (unpaired) electrons. The molecule has 0 bridgehead atoms. The van der Waals surface area contributed by atoms with Crippen LogP contribution in [0.1, 0.15) is 32.5 Å². The summed E-state index contributed by atoms with van der Waals surface area (Å²) in [5.74, 6) is 0. The van der Waals surface area contributed by atoms with Gasteiger partial charge in [-0.2, -0.15) is 0 Å². The average Bonchev–Trinajstić information content (AvgIpc) is 2.26. The number of nitrogens with zero attached hydrogens (tertiary/aromatic N) is 2. The molecule has 15 heavy (non-hydrogen) atoms. The van der Waals surface area contributed by atoms with Crippen LogP contribution >= 0.6 is 0 Å². The molecule has 1 rings (SSSR count). The number of pyridine rings is 1. The SMILES string of the molecule is C=C(C)CN(CC)[C@H](C)c1ccccn1. The van der Waals surface area contributed by atoms with Crippen LogP contribution in [0.5, 0.6) is 0 Å². The van der Waals surface area contributed by atoms with Gasteiger partial charge < -0.3 is 0 Å². The first-order chi connectivity index (χ1) is 7.15. The second-order valence-electron chi connectivity index (χ2n) is 3.95. The highest BCUT2D eigenvalue weighted by Crippen LogP contribution is 2.17. The second kappa shape index (κ2) is 5.66. The highest BCUT2D eigenvalue weighted by atomic mass is 15.2. The number of aromatic nitrogens is 1. The molecule has 0 fully saturated rings. The van der Waals surface area contributed by atoms with Crippen molar-refractivity contribution in [2.75, 3.05) is 13.1 Å². The fourth-order valence-electron chi connectivity index (χ4n) is 1.68. The van der Waals surface area contributed by atoms with Crippen LogP contribution in [0.2, 0.25) is 0 Å². The minimum absolute atomic E-state index is 0.355. The van der Waals surface area contributed by atoms with Crippen LogP contribution in [-0.4, -0.2) is 23.0 Å². The Morgan fingerprint density at radius 1 is 1.53 bits per heavy atom. The van der Waals surface area contributed by atoms with Crippen LogP contribution in [-0.2, 0) is 0 Å². The third-order valence-corrected chi connectivity index (χ3v) is 2.54. The van der Waals surface area contributed by atoms with Gasteiger partial charge in [0.2, 0.25) is 0 Å². The molecule has 0 aliphatic rings. The Morgan fingerprint density at radius 2 is 2.27 bits per heavy atom. The molecule has 0 aliphatic carbocycles. The van der Waals surface area contributed by atoms with Gasteiger partial charge in [-0.3, -0.25) is 9.88 Å². The van der Waals surface area contributed by atoms with Gasteiger partial charge >= 0.3 is 0 Å². The van der Waals surface area contributed by atoms with Crippen molar-refractivity contribution in [3.05, 3.63) is 42.2 Å². The van der Waals surface area contributed by atoms with Crippen molar-refractivity contribution in [1.82, 2.24) is 9.88 Å². The second-order valence-corrected chi connectivity index (χ2v) is 3.95. The predicted molar refractivity (Wildman–Crippen MR) is 64.7 cm³/mol. The molecule has 0 N–H and O–H groups in total. The Bertz CT molecular complexity index is 306. The summed E-state index contributed by atoms with van der Waals surface area (Å²) in [6.45, 7) is 12.3. The molecule has 0 spiro atoms. The van der Waals surface area contributed by atoms with Crippen molar-refractivity contribution in [1.29, 1.82) is 0 Å². The maximum Gasteiger partial charge on any atom is 0.0572 e. The van der Waals surface area contributed by atoms with Crippen LogP contribution < -0.4 is 0 Å². The molecular formula is C13H20N2. The van der Waals surface area contributed by atoms with Crippen LogP contribution in [0.3, 0.4) is 0 Å². The Morgan fingerprint density at radius 3 is 2.73 bits per heavy atom. The van der Waals surface area contributed by atoms with Gasteiger partial charge in [0.15, 0.2) is 0 Å². The van der Waals surface area contributed by atoms with Gasteiger partial charge in [0.05, 0.1) is 5.69 Å². The summed E-state index contributed by atoms with van der Waals surface area (Å²) in [4.78, 5) is 6.75. The first-order valence-corrected chi connectivity index (χ1v) is 5.44. The van der Waals surface area contributed by atoms with Crippen molar-refractivity contribution < 1.29 is 0 Å². The first kappa shape index (κ1) is 11.9. The van der Waals surface area contributed by atoms with E-state index in [1.807, 2.05) is 18.3 Å². The van der Waals surface area contributed by atoms with Gasteiger partial charge in [-0.1, -0.05) is 25.1 Å². The van der Waals surface area contributed by atoms with Crippen molar-refractivity contribution in [2.24, 2.45) is 0 Å². The lowest BCUT2D eigenvalue weighted by atomic mass is 10.1. The zero-order valence-corrected chi connectivity index (χ0v) is 9.90. The highest BCUT2D eigenvalue weighted by molar-refractivity contribution is 5.09. The van der Waals surface area contributed by atoms with E-state index in [-0.39, 0.29) is 0 Å². The minimum atomic E-state index is 0.355. The maximum atomic E-state index is 4.38. The zero-order chi connectivity index (χ0) is 11.3. The number of hydrogen-bond donors (Lipinski definition) is 0. The van der Waals surface area contributed by atoms with Crippen molar-refractivity contribution in [3.63, 3.8) is 0 Å². The monoisotopic (exact) mass is 204 g/mol. The Labute approximate surface area is 92.6 Å². The maximum absolute atomic E-state index is 4.38. The van der Waals surface area contributed by atoms with Crippen molar-refractivity contribution >= 4 is 0 Å². The molecule has 0 unspecified atom stereocenters.